The molecule has 2 heterocycles. The van der Waals surface area contributed by atoms with Gasteiger partial charge in [-0.3, -0.25) is 0 Å². The summed E-state index contributed by atoms with van der Waals surface area (Å²) in [5.74, 6) is 0. The van der Waals surface area contributed by atoms with Gasteiger partial charge < -0.3 is 0 Å². The SMILES string of the molecule is c1cn2ssc2n1. The van der Waals surface area contributed by atoms with Crippen molar-refractivity contribution in [3.05, 3.63) is 12.4 Å². The third-order valence-electron chi connectivity index (χ3n) is 0.768. The number of hydrogen-bond acceptors (Lipinski definition) is 3. The molecule has 0 fully saturated rings. The molecule has 0 saturated carbocycles. The lowest BCUT2D eigenvalue weighted by atomic mass is 11.0. The van der Waals surface area contributed by atoms with Crippen LogP contribution < -0.4 is 0 Å². The molecule has 0 aliphatic rings. The first-order valence-electron chi connectivity index (χ1n) is 1.85. The molecule has 0 unspecified atom stereocenters. The van der Waals surface area contributed by atoms with Crippen molar-refractivity contribution in [2.24, 2.45) is 0 Å². The van der Waals surface area contributed by atoms with Crippen molar-refractivity contribution in [2.75, 3.05) is 0 Å². The van der Waals surface area contributed by atoms with Crippen LogP contribution in [0, 0.1) is 0 Å². The van der Waals surface area contributed by atoms with Crippen LogP contribution in [0.5, 0.6) is 0 Å². The fourth-order valence-electron chi connectivity index (χ4n) is 0.438. The summed E-state index contributed by atoms with van der Waals surface area (Å²) in [5, 5.41) is 0. The minimum atomic E-state index is 1.12. The average molecular weight is 130 g/mol. The molecule has 7 heavy (non-hydrogen) atoms. The molecule has 0 saturated heterocycles. The first kappa shape index (κ1) is 3.63. The molecule has 0 atom stereocenters. The number of nitrogens with zero attached hydrogens (tertiary/aromatic N) is 2. The van der Waals surface area contributed by atoms with Crippen LogP contribution >= 0.6 is 20.9 Å². The van der Waals surface area contributed by atoms with Crippen LogP contribution in [-0.4, -0.2) is 8.77 Å². The molecule has 0 aliphatic heterocycles. The Hall–Kier alpha value is -0.350. The fraction of sp³-hybridized carbons (Fsp3) is 0. The molecule has 0 aliphatic carbocycles. The Morgan fingerprint density at radius 3 is 3.00 bits per heavy atom. The molecule has 2 aromatic rings. The molecule has 0 radical (unpaired) electrons. The zero-order valence-corrected chi connectivity index (χ0v) is 5.00. The molecule has 2 rings (SSSR count). The predicted octanol–water partition coefficient (Wildman–Crippen LogP) is 1.46. The van der Waals surface area contributed by atoms with Crippen LogP contribution in [0.25, 0.3) is 4.96 Å². The summed E-state index contributed by atoms with van der Waals surface area (Å²) in [6, 6.07) is 0. The summed E-state index contributed by atoms with van der Waals surface area (Å²) in [4.78, 5) is 5.12. The summed E-state index contributed by atoms with van der Waals surface area (Å²) in [5.41, 5.74) is 0. The molecule has 0 N–H and O–H groups in total. The quantitative estimate of drug-likeness (QED) is 0.493. The van der Waals surface area contributed by atoms with Gasteiger partial charge in [0.15, 0.2) is 0 Å². The monoisotopic (exact) mass is 130 g/mol. The fourth-order valence-corrected chi connectivity index (χ4v) is 1.94. The van der Waals surface area contributed by atoms with E-state index in [2.05, 4.69) is 4.98 Å². The first-order valence-corrected chi connectivity index (χ1v) is 3.96. The molecule has 0 bridgehead atoms. The maximum absolute atomic E-state index is 4.01. The minimum absolute atomic E-state index is 1.12. The van der Waals surface area contributed by atoms with Gasteiger partial charge >= 0.3 is 0 Å². The number of fused-ring (bicyclic) bond motifs is 1. The van der Waals surface area contributed by atoms with Crippen molar-refractivity contribution >= 4 is 25.8 Å². The van der Waals surface area contributed by atoms with Crippen molar-refractivity contribution in [2.45, 2.75) is 0 Å². The van der Waals surface area contributed by atoms with E-state index in [0.29, 0.717) is 0 Å². The van der Waals surface area contributed by atoms with Gasteiger partial charge in [0.05, 0.1) is 0 Å². The third kappa shape index (κ3) is 0.351. The van der Waals surface area contributed by atoms with E-state index in [1.165, 1.54) is 0 Å². The topological polar surface area (TPSA) is 17.3 Å². The highest BCUT2D eigenvalue weighted by atomic mass is 32.9. The first-order chi connectivity index (χ1) is 3.47. The molecular weight excluding hydrogens is 128 g/mol. The lowest BCUT2D eigenvalue weighted by molar-refractivity contribution is 1.39. The Balaban J connectivity index is 3.05. The van der Waals surface area contributed by atoms with E-state index in [1.807, 2.05) is 16.2 Å². The largest absolute Gasteiger partial charge is 0.237 e. The highest BCUT2D eigenvalue weighted by Crippen LogP contribution is 2.17. The van der Waals surface area contributed by atoms with Crippen molar-refractivity contribution in [1.82, 2.24) is 8.77 Å². The summed E-state index contributed by atoms with van der Waals surface area (Å²) in [6.45, 7) is 0. The Bertz CT molecular complexity index is 228. The Morgan fingerprint density at radius 2 is 2.71 bits per heavy atom. The van der Waals surface area contributed by atoms with Crippen molar-refractivity contribution in [1.29, 1.82) is 0 Å². The number of rotatable bonds is 0. The van der Waals surface area contributed by atoms with Gasteiger partial charge in [0.2, 0.25) is 4.96 Å². The molecular formula is C3H2N2S2. The van der Waals surface area contributed by atoms with Crippen LogP contribution in [0.1, 0.15) is 0 Å². The molecule has 0 amide bonds. The van der Waals surface area contributed by atoms with E-state index in [9.17, 15) is 0 Å². The summed E-state index contributed by atoms with van der Waals surface area (Å²) in [6.07, 6.45) is 3.76. The minimum Gasteiger partial charge on any atom is -0.237 e. The molecule has 0 aromatic carbocycles. The lowest BCUT2D eigenvalue weighted by Crippen LogP contribution is -1.72. The zero-order valence-electron chi connectivity index (χ0n) is 3.37. The standard InChI is InChI=1S/C3H2N2S2/c1-2-5-3(4-1)6-7-5/h1-2H. The second-order valence-corrected chi connectivity index (χ2v) is 3.21. The number of hydrogen-bond donors (Lipinski definition) is 0. The van der Waals surface area contributed by atoms with E-state index in [4.69, 9.17) is 0 Å². The molecule has 4 heteroatoms. The van der Waals surface area contributed by atoms with Crippen LogP contribution in [0.4, 0.5) is 0 Å². The average Bonchev–Trinajstić information content (AvgIpc) is 1.85. The van der Waals surface area contributed by atoms with E-state index in [0.717, 1.165) is 4.96 Å². The summed E-state index contributed by atoms with van der Waals surface area (Å²) in [7, 11) is 3.41. The number of imidazole rings is 1. The summed E-state index contributed by atoms with van der Waals surface area (Å²) < 4.78 is 2.03. The molecule has 2 aromatic heterocycles. The van der Waals surface area contributed by atoms with E-state index in [1.54, 1.807) is 20.9 Å². The third-order valence-corrected chi connectivity index (χ3v) is 3.02. The Labute approximate surface area is 47.6 Å². The molecule has 2 nitrogen and oxygen atoms in total. The second kappa shape index (κ2) is 1.08. The zero-order chi connectivity index (χ0) is 4.69. The van der Waals surface area contributed by atoms with Crippen molar-refractivity contribution in [3.63, 3.8) is 0 Å². The van der Waals surface area contributed by atoms with Crippen LogP contribution in [-0.2, 0) is 0 Å². The molecule has 36 valence electrons. The van der Waals surface area contributed by atoms with Gasteiger partial charge in [0, 0.05) is 22.9 Å². The van der Waals surface area contributed by atoms with Crippen molar-refractivity contribution < 1.29 is 0 Å². The van der Waals surface area contributed by atoms with Crippen LogP contribution in [0.2, 0.25) is 0 Å². The van der Waals surface area contributed by atoms with Crippen LogP contribution in [0.3, 0.4) is 0 Å². The Kier molecular flexibility index (Phi) is 0.558. The van der Waals surface area contributed by atoms with Crippen LogP contribution in [0.15, 0.2) is 12.4 Å². The van der Waals surface area contributed by atoms with Gasteiger partial charge in [-0.25, -0.2) is 8.77 Å². The maximum Gasteiger partial charge on any atom is 0.215 e. The number of aromatic nitrogens is 2. The van der Waals surface area contributed by atoms with Gasteiger partial charge in [0.1, 0.15) is 0 Å². The maximum atomic E-state index is 4.01. The Morgan fingerprint density at radius 1 is 1.71 bits per heavy atom. The van der Waals surface area contributed by atoms with Gasteiger partial charge in [-0.05, 0) is 10.3 Å². The van der Waals surface area contributed by atoms with Gasteiger partial charge in [-0.2, -0.15) is 0 Å². The van der Waals surface area contributed by atoms with Gasteiger partial charge in [-0.15, -0.1) is 0 Å². The highest BCUT2D eigenvalue weighted by Gasteiger charge is 1.93. The molecule has 0 spiro atoms. The van der Waals surface area contributed by atoms with Crippen molar-refractivity contribution in [3.8, 4) is 0 Å². The normalized spacial score (nSPS) is 10.9. The van der Waals surface area contributed by atoms with Gasteiger partial charge in [-0.1, -0.05) is 0 Å². The highest BCUT2D eigenvalue weighted by molar-refractivity contribution is 7.71. The van der Waals surface area contributed by atoms with Gasteiger partial charge in [0.25, 0.3) is 0 Å². The summed E-state index contributed by atoms with van der Waals surface area (Å²) >= 11 is 0. The van der Waals surface area contributed by atoms with E-state index >= 15 is 0 Å². The predicted molar refractivity (Wildman–Crippen MR) is 30.9 cm³/mol. The lowest BCUT2D eigenvalue weighted by Gasteiger charge is -1.86. The van der Waals surface area contributed by atoms with E-state index < -0.39 is 0 Å². The smallest absolute Gasteiger partial charge is 0.215 e. The van der Waals surface area contributed by atoms with E-state index in [-0.39, 0.29) is 0 Å². The second-order valence-electron chi connectivity index (χ2n) is 1.19.